The van der Waals surface area contributed by atoms with Crippen LogP contribution in [0.3, 0.4) is 0 Å². The van der Waals surface area contributed by atoms with E-state index in [0.29, 0.717) is 10.8 Å². The minimum Gasteiger partial charge on any atom is -0.489 e. The highest BCUT2D eigenvalue weighted by Crippen LogP contribution is 2.28. The van der Waals surface area contributed by atoms with Gasteiger partial charge in [0.15, 0.2) is 0 Å². The van der Waals surface area contributed by atoms with Crippen LogP contribution in [-0.4, -0.2) is 26.2 Å². The van der Waals surface area contributed by atoms with Crippen molar-refractivity contribution in [2.45, 2.75) is 19.4 Å². The van der Waals surface area contributed by atoms with E-state index in [0.717, 1.165) is 28.1 Å². The highest BCUT2D eigenvalue weighted by atomic mass is 35.5. The quantitative estimate of drug-likeness (QED) is 0.535. The van der Waals surface area contributed by atoms with E-state index in [9.17, 15) is 5.11 Å². The molecule has 0 fully saturated rings. The van der Waals surface area contributed by atoms with Crippen molar-refractivity contribution in [2.24, 2.45) is 0 Å². The number of rotatable bonds is 5. The number of benzene rings is 2. The summed E-state index contributed by atoms with van der Waals surface area (Å²) in [6.07, 6.45) is 3.51. The minimum atomic E-state index is -1.16. The number of aryl methyl sites for hydroxylation is 1. The van der Waals surface area contributed by atoms with Crippen molar-refractivity contribution in [1.82, 2.24) is 14.5 Å². The standard InChI is InChI=1S/C22H20ClN3O2/c1-15-25-19-13-24-12-11-20(19)26(15)17-9-7-16(8-10-17)22(2,27)14-28-21-6-4-3-5-18(21)23/h3-13,27H,14H2,1-2H3. The molecular weight excluding hydrogens is 374 g/mol. The van der Waals surface area contributed by atoms with Gasteiger partial charge >= 0.3 is 0 Å². The van der Waals surface area contributed by atoms with Crippen molar-refractivity contribution in [2.75, 3.05) is 6.61 Å². The molecule has 0 radical (unpaired) electrons. The first-order valence-electron chi connectivity index (χ1n) is 8.95. The number of aliphatic hydroxyl groups is 1. The Morgan fingerprint density at radius 2 is 1.86 bits per heavy atom. The Bertz CT molecular complexity index is 1120. The first-order valence-corrected chi connectivity index (χ1v) is 9.33. The van der Waals surface area contributed by atoms with E-state index >= 15 is 0 Å². The van der Waals surface area contributed by atoms with Crippen LogP contribution >= 0.6 is 11.6 Å². The molecule has 0 saturated carbocycles. The zero-order chi connectivity index (χ0) is 19.7. The van der Waals surface area contributed by atoms with Crippen LogP contribution in [-0.2, 0) is 5.60 Å². The highest BCUT2D eigenvalue weighted by molar-refractivity contribution is 6.32. The van der Waals surface area contributed by atoms with Gasteiger partial charge in [0.25, 0.3) is 0 Å². The van der Waals surface area contributed by atoms with E-state index in [1.807, 2.05) is 49.4 Å². The summed E-state index contributed by atoms with van der Waals surface area (Å²) in [4.78, 5) is 8.68. The van der Waals surface area contributed by atoms with Crippen molar-refractivity contribution in [3.8, 4) is 11.4 Å². The van der Waals surface area contributed by atoms with E-state index in [4.69, 9.17) is 16.3 Å². The molecule has 4 rings (SSSR count). The number of imidazole rings is 1. The second kappa shape index (κ2) is 7.26. The molecule has 0 spiro atoms. The summed E-state index contributed by atoms with van der Waals surface area (Å²) < 4.78 is 7.80. The predicted molar refractivity (Wildman–Crippen MR) is 110 cm³/mol. The maximum atomic E-state index is 10.9. The van der Waals surface area contributed by atoms with Gasteiger partial charge in [0.2, 0.25) is 0 Å². The van der Waals surface area contributed by atoms with Crippen LogP contribution in [0.5, 0.6) is 5.75 Å². The maximum Gasteiger partial charge on any atom is 0.138 e. The second-order valence-corrected chi connectivity index (χ2v) is 7.31. The third-order valence-corrected chi connectivity index (χ3v) is 5.03. The van der Waals surface area contributed by atoms with E-state index in [2.05, 4.69) is 14.5 Å². The Morgan fingerprint density at radius 3 is 2.61 bits per heavy atom. The smallest absolute Gasteiger partial charge is 0.138 e. The van der Waals surface area contributed by atoms with Crippen molar-refractivity contribution in [3.05, 3.63) is 83.4 Å². The van der Waals surface area contributed by atoms with Gasteiger partial charge in [-0.1, -0.05) is 35.9 Å². The van der Waals surface area contributed by atoms with Gasteiger partial charge in [-0.25, -0.2) is 4.98 Å². The van der Waals surface area contributed by atoms with Gasteiger partial charge in [-0.2, -0.15) is 0 Å². The molecule has 0 saturated heterocycles. The lowest BCUT2D eigenvalue weighted by atomic mass is 9.97. The average molecular weight is 394 g/mol. The van der Waals surface area contributed by atoms with Crippen molar-refractivity contribution >= 4 is 22.6 Å². The second-order valence-electron chi connectivity index (χ2n) is 6.90. The molecule has 0 aliphatic heterocycles. The lowest BCUT2D eigenvalue weighted by Crippen LogP contribution is -2.29. The monoisotopic (exact) mass is 393 g/mol. The van der Waals surface area contributed by atoms with Crippen LogP contribution in [0.1, 0.15) is 18.3 Å². The summed E-state index contributed by atoms with van der Waals surface area (Å²) in [5.41, 5.74) is 2.41. The molecule has 2 aromatic carbocycles. The fraction of sp³-hybridized carbons (Fsp3) is 0.182. The van der Waals surface area contributed by atoms with Crippen LogP contribution in [0.2, 0.25) is 5.02 Å². The summed E-state index contributed by atoms with van der Waals surface area (Å²) in [7, 11) is 0. The fourth-order valence-electron chi connectivity index (χ4n) is 3.21. The predicted octanol–water partition coefficient (Wildman–Crippen LogP) is 4.67. The minimum absolute atomic E-state index is 0.0920. The maximum absolute atomic E-state index is 10.9. The summed E-state index contributed by atoms with van der Waals surface area (Å²) >= 11 is 6.12. The number of hydrogen-bond acceptors (Lipinski definition) is 4. The average Bonchev–Trinajstić information content (AvgIpc) is 3.03. The number of aromatic nitrogens is 3. The van der Waals surface area contributed by atoms with Gasteiger partial charge in [0.1, 0.15) is 29.3 Å². The molecule has 0 bridgehead atoms. The van der Waals surface area contributed by atoms with E-state index in [-0.39, 0.29) is 6.61 Å². The van der Waals surface area contributed by atoms with Crippen LogP contribution < -0.4 is 4.74 Å². The molecular formula is C22H20ClN3O2. The highest BCUT2D eigenvalue weighted by Gasteiger charge is 2.25. The largest absolute Gasteiger partial charge is 0.489 e. The molecule has 28 heavy (non-hydrogen) atoms. The summed E-state index contributed by atoms with van der Waals surface area (Å²) in [6.45, 7) is 3.78. The zero-order valence-corrected chi connectivity index (χ0v) is 16.4. The third-order valence-electron chi connectivity index (χ3n) is 4.72. The first kappa shape index (κ1) is 18.5. The Labute approximate surface area is 168 Å². The third kappa shape index (κ3) is 3.46. The van der Waals surface area contributed by atoms with E-state index < -0.39 is 5.60 Å². The molecule has 2 aromatic heterocycles. The van der Waals surface area contributed by atoms with Crippen LogP contribution in [0.25, 0.3) is 16.7 Å². The lowest BCUT2D eigenvalue weighted by Gasteiger charge is -2.24. The fourth-order valence-corrected chi connectivity index (χ4v) is 3.40. The van der Waals surface area contributed by atoms with Gasteiger partial charge in [0.05, 0.1) is 16.7 Å². The van der Waals surface area contributed by atoms with Gasteiger partial charge in [-0.05, 0) is 49.7 Å². The Kier molecular flexibility index (Phi) is 4.79. The zero-order valence-electron chi connectivity index (χ0n) is 15.6. The normalized spacial score (nSPS) is 13.4. The molecule has 5 nitrogen and oxygen atoms in total. The molecule has 0 amide bonds. The molecule has 1 N–H and O–H groups in total. The molecule has 0 aliphatic carbocycles. The van der Waals surface area contributed by atoms with Crippen molar-refractivity contribution in [1.29, 1.82) is 0 Å². The van der Waals surface area contributed by atoms with E-state index in [1.54, 1.807) is 31.5 Å². The van der Waals surface area contributed by atoms with Crippen molar-refractivity contribution in [3.63, 3.8) is 0 Å². The Morgan fingerprint density at radius 1 is 1.11 bits per heavy atom. The Balaban J connectivity index is 1.58. The molecule has 4 aromatic rings. The van der Waals surface area contributed by atoms with Crippen molar-refractivity contribution < 1.29 is 9.84 Å². The van der Waals surface area contributed by atoms with Gasteiger partial charge in [-0.15, -0.1) is 0 Å². The molecule has 0 aliphatic rings. The number of halogens is 1. The molecule has 1 atom stereocenters. The topological polar surface area (TPSA) is 60.2 Å². The number of fused-ring (bicyclic) bond motifs is 1. The van der Waals surface area contributed by atoms with Crippen LogP contribution in [0.15, 0.2) is 67.0 Å². The first-order chi connectivity index (χ1) is 13.5. The molecule has 2 heterocycles. The van der Waals surface area contributed by atoms with Crippen LogP contribution in [0, 0.1) is 6.92 Å². The number of para-hydroxylation sites is 1. The number of ether oxygens (including phenoxy) is 1. The van der Waals surface area contributed by atoms with Crippen LogP contribution in [0.4, 0.5) is 0 Å². The van der Waals surface area contributed by atoms with E-state index in [1.165, 1.54) is 0 Å². The number of hydrogen-bond donors (Lipinski definition) is 1. The Hall–Kier alpha value is -2.89. The lowest BCUT2D eigenvalue weighted by molar-refractivity contribution is 0.00764. The molecule has 142 valence electrons. The number of pyridine rings is 1. The summed E-state index contributed by atoms with van der Waals surface area (Å²) in [5, 5.41) is 11.4. The van der Waals surface area contributed by atoms with Gasteiger partial charge < -0.3 is 9.84 Å². The summed E-state index contributed by atoms with van der Waals surface area (Å²) in [6, 6.07) is 16.9. The summed E-state index contributed by atoms with van der Waals surface area (Å²) in [5.74, 6) is 1.43. The SMILES string of the molecule is Cc1nc2cnccc2n1-c1ccc(C(C)(O)COc2ccccc2Cl)cc1. The number of nitrogens with zero attached hydrogens (tertiary/aromatic N) is 3. The molecule has 1 unspecified atom stereocenters. The van der Waals surface area contributed by atoms with Gasteiger partial charge in [-0.3, -0.25) is 9.55 Å². The molecule has 6 heteroatoms. The van der Waals surface area contributed by atoms with Gasteiger partial charge in [0, 0.05) is 11.9 Å².